The highest BCUT2D eigenvalue weighted by atomic mass is 16.6. The van der Waals surface area contributed by atoms with Crippen molar-refractivity contribution in [1.82, 2.24) is 0 Å². The molecule has 3 rings (SSSR count). The van der Waals surface area contributed by atoms with E-state index in [1.54, 1.807) is 6.07 Å². The molecule has 0 spiro atoms. The first kappa shape index (κ1) is 13.1. The quantitative estimate of drug-likeness (QED) is 0.435. The highest BCUT2D eigenvalue weighted by Gasteiger charge is 2.30. The zero-order valence-corrected chi connectivity index (χ0v) is 11.3. The van der Waals surface area contributed by atoms with Crippen molar-refractivity contribution in [1.29, 1.82) is 0 Å². The maximum Gasteiger partial charge on any atom is 0.270 e. The van der Waals surface area contributed by atoms with Crippen molar-refractivity contribution in [2.45, 2.75) is 25.7 Å². The second kappa shape index (κ2) is 5.23. The summed E-state index contributed by atoms with van der Waals surface area (Å²) < 4.78 is 0. The molecule has 2 saturated carbocycles. The van der Waals surface area contributed by atoms with Crippen molar-refractivity contribution in [3.8, 4) is 0 Å². The van der Waals surface area contributed by atoms with E-state index in [2.05, 4.69) is 4.90 Å². The van der Waals surface area contributed by atoms with Gasteiger partial charge in [0.05, 0.1) is 4.92 Å². The molecule has 2 fully saturated rings. The molecule has 0 unspecified atom stereocenters. The highest BCUT2D eigenvalue weighted by Crippen LogP contribution is 2.37. The van der Waals surface area contributed by atoms with Crippen molar-refractivity contribution < 1.29 is 9.72 Å². The molecule has 0 N–H and O–H groups in total. The first-order valence-corrected chi connectivity index (χ1v) is 7.16. The number of hydrogen-bond acceptors (Lipinski definition) is 4. The molecule has 0 amide bonds. The van der Waals surface area contributed by atoms with E-state index in [-0.39, 0.29) is 5.69 Å². The third-order valence-electron chi connectivity index (χ3n) is 4.04. The van der Waals surface area contributed by atoms with E-state index >= 15 is 0 Å². The van der Waals surface area contributed by atoms with Gasteiger partial charge < -0.3 is 4.90 Å². The molecule has 2 aliphatic rings. The highest BCUT2D eigenvalue weighted by molar-refractivity contribution is 5.86. The molecule has 0 atom stereocenters. The number of carbonyl (C=O) groups is 1. The molecule has 2 aliphatic carbocycles. The Bertz CT molecular complexity index is 522. The number of non-ortho nitro benzene ring substituents is 1. The summed E-state index contributed by atoms with van der Waals surface area (Å²) in [6.45, 7) is 1.93. The summed E-state index contributed by atoms with van der Waals surface area (Å²) in [4.78, 5) is 23.9. The lowest BCUT2D eigenvalue weighted by molar-refractivity contribution is -0.384. The average Bonchev–Trinajstić information content (AvgIpc) is 3.32. The molecular weight excluding hydrogens is 256 g/mol. The van der Waals surface area contributed by atoms with Crippen LogP contribution in [0.5, 0.6) is 0 Å². The Kier molecular flexibility index (Phi) is 3.42. The minimum atomic E-state index is -0.455. The maximum atomic E-state index is 11.3. The molecule has 0 heterocycles. The minimum absolute atomic E-state index is 0.0198. The molecule has 0 aromatic heterocycles. The SMILES string of the molecule is O=Cc1cc([N+](=O)[O-])ccc1N(CC1CC1)CC1CC1. The fraction of sp³-hybridized carbons (Fsp3) is 0.533. The van der Waals surface area contributed by atoms with Crippen LogP contribution in [0.25, 0.3) is 0 Å². The van der Waals surface area contributed by atoms with E-state index in [9.17, 15) is 14.9 Å². The number of hydrogen-bond donors (Lipinski definition) is 0. The lowest BCUT2D eigenvalue weighted by atomic mass is 10.1. The third-order valence-corrected chi connectivity index (χ3v) is 4.04. The van der Waals surface area contributed by atoms with Gasteiger partial charge in [-0.2, -0.15) is 0 Å². The van der Waals surface area contributed by atoms with Crippen molar-refractivity contribution in [3.63, 3.8) is 0 Å². The largest absolute Gasteiger partial charge is 0.370 e. The van der Waals surface area contributed by atoms with Gasteiger partial charge in [0.25, 0.3) is 5.69 Å². The van der Waals surface area contributed by atoms with Crippen molar-refractivity contribution in [3.05, 3.63) is 33.9 Å². The number of nitro benzene ring substituents is 1. The number of nitrogens with zero attached hydrogens (tertiary/aromatic N) is 2. The molecule has 20 heavy (non-hydrogen) atoms. The monoisotopic (exact) mass is 274 g/mol. The number of carbonyl (C=O) groups excluding carboxylic acids is 1. The van der Waals surface area contributed by atoms with E-state index in [0.29, 0.717) is 5.56 Å². The molecule has 106 valence electrons. The smallest absolute Gasteiger partial charge is 0.270 e. The van der Waals surface area contributed by atoms with Crippen LogP contribution >= 0.6 is 0 Å². The van der Waals surface area contributed by atoms with E-state index in [0.717, 1.165) is 36.9 Å². The summed E-state index contributed by atoms with van der Waals surface area (Å²) in [5.41, 5.74) is 1.26. The van der Waals surface area contributed by atoms with Gasteiger partial charge in [-0.15, -0.1) is 0 Å². The van der Waals surface area contributed by atoms with Gasteiger partial charge >= 0.3 is 0 Å². The Morgan fingerprint density at radius 2 is 1.80 bits per heavy atom. The average molecular weight is 274 g/mol. The summed E-state index contributed by atoms with van der Waals surface area (Å²) in [6, 6.07) is 4.61. The topological polar surface area (TPSA) is 63.4 Å². The lowest BCUT2D eigenvalue weighted by Crippen LogP contribution is -2.29. The van der Waals surface area contributed by atoms with Crippen LogP contribution in [0, 0.1) is 22.0 Å². The number of benzene rings is 1. The number of aldehydes is 1. The first-order chi connectivity index (χ1) is 9.67. The van der Waals surface area contributed by atoms with E-state index in [1.807, 2.05) is 0 Å². The van der Waals surface area contributed by atoms with Gasteiger partial charge in [0.15, 0.2) is 6.29 Å². The van der Waals surface area contributed by atoms with Crippen molar-refractivity contribution >= 4 is 17.7 Å². The fourth-order valence-electron chi connectivity index (χ4n) is 2.53. The normalized spacial score (nSPS) is 17.8. The van der Waals surface area contributed by atoms with Crippen LogP contribution in [0.1, 0.15) is 36.0 Å². The minimum Gasteiger partial charge on any atom is -0.370 e. The third kappa shape index (κ3) is 2.98. The molecule has 1 aromatic rings. The number of anilines is 1. The van der Waals surface area contributed by atoms with E-state index < -0.39 is 4.92 Å². The summed E-state index contributed by atoms with van der Waals surface area (Å²) in [5.74, 6) is 1.45. The van der Waals surface area contributed by atoms with Gasteiger partial charge in [-0.25, -0.2) is 0 Å². The summed E-state index contributed by atoms with van der Waals surface area (Å²) in [7, 11) is 0. The van der Waals surface area contributed by atoms with Crippen LogP contribution in [0.2, 0.25) is 0 Å². The molecule has 0 saturated heterocycles. The second-order valence-corrected chi connectivity index (χ2v) is 5.91. The van der Waals surface area contributed by atoms with Crippen LogP contribution in [-0.4, -0.2) is 24.3 Å². The molecule has 0 aliphatic heterocycles. The van der Waals surface area contributed by atoms with E-state index in [4.69, 9.17) is 0 Å². The molecule has 0 radical (unpaired) electrons. The van der Waals surface area contributed by atoms with Gasteiger partial charge in [-0.1, -0.05) is 0 Å². The molecule has 1 aromatic carbocycles. The van der Waals surface area contributed by atoms with Gasteiger partial charge in [-0.05, 0) is 43.6 Å². The zero-order chi connectivity index (χ0) is 14.1. The molecule has 5 heteroatoms. The van der Waals surface area contributed by atoms with E-state index in [1.165, 1.54) is 37.8 Å². The van der Waals surface area contributed by atoms with Gasteiger partial charge in [0.1, 0.15) is 0 Å². The predicted molar refractivity (Wildman–Crippen MR) is 76.1 cm³/mol. The van der Waals surface area contributed by atoms with Crippen LogP contribution in [0.15, 0.2) is 18.2 Å². The van der Waals surface area contributed by atoms with Crippen LogP contribution in [0.4, 0.5) is 11.4 Å². The Hall–Kier alpha value is -1.91. The van der Waals surface area contributed by atoms with Crippen LogP contribution in [-0.2, 0) is 0 Å². The maximum absolute atomic E-state index is 11.3. The van der Waals surface area contributed by atoms with Crippen molar-refractivity contribution in [2.75, 3.05) is 18.0 Å². The Balaban J connectivity index is 1.86. The summed E-state index contributed by atoms with van der Waals surface area (Å²) >= 11 is 0. The first-order valence-electron chi connectivity index (χ1n) is 7.16. The standard InChI is InChI=1S/C15H18N2O3/c18-10-13-7-14(17(19)20)5-6-15(13)16(8-11-1-2-11)9-12-3-4-12/h5-7,10-12H,1-4,8-9H2. The van der Waals surface area contributed by atoms with Gasteiger partial charge in [0, 0.05) is 36.5 Å². The second-order valence-electron chi connectivity index (χ2n) is 5.91. The van der Waals surface area contributed by atoms with Gasteiger partial charge in [-0.3, -0.25) is 14.9 Å². The fourth-order valence-corrected chi connectivity index (χ4v) is 2.53. The molecule has 5 nitrogen and oxygen atoms in total. The number of nitro groups is 1. The summed E-state index contributed by atoms with van der Waals surface area (Å²) in [6.07, 6.45) is 5.75. The Labute approximate surface area is 117 Å². The van der Waals surface area contributed by atoms with Crippen LogP contribution in [0.3, 0.4) is 0 Å². The Morgan fingerprint density at radius 3 is 2.25 bits per heavy atom. The predicted octanol–water partition coefficient (Wildman–Crippen LogP) is 3.03. The molecule has 0 bridgehead atoms. The lowest BCUT2D eigenvalue weighted by Gasteiger charge is -2.26. The van der Waals surface area contributed by atoms with Crippen molar-refractivity contribution in [2.24, 2.45) is 11.8 Å². The van der Waals surface area contributed by atoms with Gasteiger partial charge in [0.2, 0.25) is 0 Å². The molecular formula is C15H18N2O3. The Morgan fingerprint density at radius 1 is 1.20 bits per heavy atom. The zero-order valence-electron chi connectivity index (χ0n) is 11.3. The van der Waals surface area contributed by atoms with Crippen LogP contribution < -0.4 is 4.90 Å². The summed E-state index contributed by atoms with van der Waals surface area (Å²) in [5, 5.41) is 10.8. The number of rotatable bonds is 7.